The first kappa shape index (κ1) is 15.4. The van der Waals surface area contributed by atoms with E-state index in [0.29, 0.717) is 17.7 Å². The topological polar surface area (TPSA) is 47.6 Å². The van der Waals surface area contributed by atoms with Crippen molar-refractivity contribution in [2.75, 3.05) is 25.1 Å². The molecule has 1 aromatic carbocycles. The van der Waals surface area contributed by atoms with Gasteiger partial charge in [-0.2, -0.15) is 0 Å². The first-order valence-electron chi connectivity index (χ1n) is 6.59. The summed E-state index contributed by atoms with van der Waals surface area (Å²) in [5.41, 5.74) is 0.170. The van der Waals surface area contributed by atoms with E-state index in [1.165, 1.54) is 12.1 Å². The number of anilines is 1. The number of hydrogen-bond acceptors (Lipinski definition) is 3. The van der Waals surface area contributed by atoms with Crippen LogP contribution in [0.2, 0.25) is 0 Å². The molecule has 1 heterocycles. The molecule has 0 unspecified atom stereocenters. The Kier molecular flexibility index (Phi) is 5.94. The van der Waals surface area contributed by atoms with Gasteiger partial charge in [0.1, 0.15) is 5.82 Å². The fourth-order valence-corrected chi connectivity index (χ4v) is 2.32. The maximum atomic E-state index is 13.4. The SMILES string of the molecule is O=C(CCOC[C@@H]1CCCO1)Nc1cc(Br)ccc1F. The molecule has 0 radical (unpaired) electrons. The molecule has 0 aliphatic carbocycles. The fraction of sp³-hybridized carbons (Fsp3) is 0.500. The van der Waals surface area contributed by atoms with Crippen molar-refractivity contribution in [3.63, 3.8) is 0 Å². The highest BCUT2D eigenvalue weighted by atomic mass is 79.9. The van der Waals surface area contributed by atoms with E-state index in [4.69, 9.17) is 9.47 Å². The number of carbonyl (C=O) groups is 1. The van der Waals surface area contributed by atoms with Crippen molar-refractivity contribution in [3.05, 3.63) is 28.5 Å². The summed E-state index contributed by atoms with van der Waals surface area (Å²) < 4.78 is 24.9. The Balaban J connectivity index is 1.68. The van der Waals surface area contributed by atoms with E-state index in [1.54, 1.807) is 6.07 Å². The lowest BCUT2D eigenvalue weighted by molar-refractivity contribution is -0.117. The standard InChI is InChI=1S/C14H17BrFNO3/c15-10-3-4-12(16)13(8-10)17-14(18)5-7-19-9-11-2-1-6-20-11/h3-4,8,11H,1-2,5-7,9H2,(H,17,18)/t11-/m0/s1. The van der Waals surface area contributed by atoms with Gasteiger partial charge in [-0.1, -0.05) is 15.9 Å². The molecule has 0 bridgehead atoms. The number of amides is 1. The van der Waals surface area contributed by atoms with Gasteiger partial charge in [0.25, 0.3) is 0 Å². The van der Waals surface area contributed by atoms with Crippen molar-refractivity contribution in [2.45, 2.75) is 25.4 Å². The second-order valence-electron chi connectivity index (χ2n) is 4.63. The quantitative estimate of drug-likeness (QED) is 0.806. The van der Waals surface area contributed by atoms with E-state index in [0.717, 1.165) is 19.4 Å². The minimum absolute atomic E-state index is 0.153. The normalized spacial score (nSPS) is 18.2. The highest BCUT2D eigenvalue weighted by molar-refractivity contribution is 9.10. The Morgan fingerprint density at radius 3 is 3.15 bits per heavy atom. The first-order chi connectivity index (χ1) is 9.65. The van der Waals surface area contributed by atoms with Crippen molar-refractivity contribution in [2.24, 2.45) is 0 Å². The van der Waals surface area contributed by atoms with E-state index in [2.05, 4.69) is 21.2 Å². The monoisotopic (exact) mass is 345 g/mol. The third-order valence-electron chi connectivity index (χ3n) is 3.00. The summed E-state index contributed by atoms with van der Waals surface area (Å²) in [6.45, 7) is 1.61. The predicted molar refractivity (Wildman–Crippen MR) is 77.1 cm³/mol. The van der Waals surface area contributed by atoms with Gasteiger partial charge < -0.3 is 14.8 Å². The van der Waals surface area contributed by atoms with Gasteiger partial charge in [-0.3, -0.25) is 4.79 Å². The summed E-state index contributed by atoms with van der Waals surface area (Å²) in [4.78, 5) is 11.7. The number of benzene rings is 1. The Bertz CT molecular complexity index is 464. The molecular weight excluding hydrogens is 329 g/mol. The average Bonchev–Trinajstić information content (AvgIpc) is 2.92. The number of halogens is 2. The van der Waals surface area contributed by atoms with E-state index >= 15 is 0 Å². The van der Waals surface area contributed by atoms with E-state index in [-0.39, 0.29) is 24.1 Å². The molecule has 1 aliphatic heterocycles. The molecule has 1 fully saturated rings. The van der Waals surface area contributed by atoms with Gasteiger partial charge in [0.2, 0.25) is 5.91 Å². The van der Waals surface area contributed by atoms with Gasteiger partial charge in [0, 0.05) is 11.1 Å². The van der Waals surface area contributed by atoms with Gasteiger partial charge in [0.15, 0.2) is 0 Å². The number of hydrogen-bond donors (Lipinski definition) is 1. The van der Waals surface area contributed by atoms with Crippen LogP contribution in [-0.2, 0) is 14.3 Å². The number of ether oxygens (including phenoxy) is 2. The van der Waals surface area contributed by atoms with Crippen LogP contribution >= 0.6 is 15.9 Å². The van der Waals surface area contributed by atoms with Crippen LogP contribution in [0.3, 0.4) is 0 Å². The maximum absolute atomic E-state index is 13.4. The van der Waals surface area contributed by atoms with Gasteiger partial charge in [-0.05, 0) is 31.0 Å². The van der Waals surface area contributed by atoms with Crippen LogP contribution in [0.1, 0.15) is 19.3 Å². The molecule has 1 aromatic rings. The molecule has 1 atom stereocenters. The van der Waals surface area contributed by atoms with E-state index < -0.39 is 5.82 Å². The lowest BCUT2D eigenvalue weighted by atomic mass is 10.2. The zero-order valence-electron chi connectivity index (χ0n) is 11.0. The molecule has 0 aromatic heterocycles. The smallest absolute Gasteiger partial charge is 0.226 e. The lowest BCUT2D eigenvalue weighted by Crippen LogP contribution is -2.18. The minimum Gasteiger partial charge on any atom is -0.378 e. The molecule has 4 nitrogen and oxygen atoms in total. The van der Waals surface area contributed by atoms with Crippen LogP contribution in [-0.4, -0.2) is 31.8 Å². The fourth-order valence-electron chi connectivity index (χ4n) is 1.96. The van der Waals surface area contributed by atoms with E-state index in [1.807, 2.05) is 0 Å². The number of nitrogens with one attached hydrogen (secondary N) is 1. The molecule has 1 aliphatic rings. The highest BCUT2D eigenvalue weighted by Crippen LogP contribution is 2.20. The molecular formula is C14H17BrFNO3. The van der Waals surface area contributed by atoms with Crippen molar-refractivity contribution in [1.29, 1.82) is 0 Å². The third kappa shape index (κ3) is 4.85. The Morgan fingerprint density at radius 2 is 2.40 bits per heavy atom. The van der Waals surface area contributed by atoms with E-state index in [9.17, 15) is 9.18 Å². The first-order valence-corrected chi connectivity index (χ1v) is 7.38. The molecule has 110 valence electrons. The lowest BCUT2D eigenvalue weighted by Gasteiger charge is -2.10. The van der Waals surface area contributed by atoms with Crippen molar-refractivity contribution >= 4 is 27.5 Å². The second-order valence-corrected chi connectivity index (χ2v) is 5.55. The van der Waals surface area contributed by atoms with Crippen molar-refractivity contribution in [3.8, 4) is 0 Å². The summed E-state index contributed by atoms with van der Waals surface area (Å²) in [7, 11) is 0. The minimum atomic E-state index is -0.457. The van der Waals surface area contributed by atoms with Gasteiger partial charge in [0.05, 0.1) is 31.4 Å². The molecule has 1 N–H and O–H groups in total. The largest absolute Gasteiger partial charge is 0.378 e. The Labute approximate surface area is 125 Å². The molecule has 0 spiro atoms. The maximum Gasteiger partial charge on any atom is 0.226 e. The molecule has 20 heavy (non-hydrogen) atoms. The van der Waals surface area contributed by atoms with Crippen LogP contribution in [0.15, 0.2) is 22.7 Å². The van der Waals surface area contributed by atoms with Crippen LogP contribution in [0, 0.1) is 5.82 Å². The molecule has 2 rings (SSSR count). The Morgan fingerprint density at radius 1 is 1.55 bits per heavy atom. The van der Waals surface area contributed by atoms with Crippen LogP contribution in [0.25, 0.3) is 0 Å². The third-order valence-corrected chi connectivity index (χ3v) is 3.50. The van der Waals surface area contributed by atoms with Crippen molar-refractivity contribution in [1.82, 2.24) is 0 Å². The van der Waals surface area contributed by atoms with Crippen LogP contribution in [0.5, 0.6) is 0 Å². The summed E-state index contributed by atoms with van der Waals surface area (Å²) >= 11 is 3.23. The predicted octanol–water partition coefficient (Wildman–Crippen LogP) is 3.11. The average molecular weight is 346 g/mol. The molecule has 6 heteroatoms. The molecule has 0 saturated carbocycles. The summed E-state index contributed by atoms with van der Waals surface area (Å²) in [6, 6.07) is 4.41. The molecule has 1 saturated heterocycles. The second kappa shape index (κ2) is 7.71. The van der Waals surface area contributed by atoms with Crippen LogP contribution in [0.4, 0.5) is 10.1 Å². The van der Waals surface area contributed by atoms with Gasteiger partial charge >= 0.3 is 0 Å². The molecule has 1 amide bonds. The highest BCUT2D eigenvalue weighted by Gasteiger charge is 2.15. The zero-order valence-corrected chi connectivity index (χ0v) is 12.6. The van der Waals surface area contributed by atoms with Crippen LogP contribution < -0.4 is 5.32 Å². The summed E-state index contributed by atoms with van der Waals surface area (Å²) in [6.07, 6.45) is 2.42. The summed E-state index contributed by atoms with van der Waals surface area (Å²) in [5, 5.41) is 2.52. The van der Waals surface area contributed by atoms with Crippen molar-refractivity contribution < 1.29 is 18.7 Å². The number of rotatable bonds is 6. The Hall–Kier alpha value is -0.980. The van der Waals surface area contributed by atoms with Gasteiger partial charge in [-0.25, -0.2) is 4.39 Å². The zero-order chi connectivity index (χ0) is 14.4. The number of carbonyl (C=O) groups excluding carboxylic acids is 1. The summed E-state index contributed by atoms with van der Waals surface area (Å²) in [5.74, 6) is -0.726. The van der Waals surface area contributed by atoms with Gasteiger partial charge in [-0.15, -0.1) is 0 Å².